The summed E-state index contributed by atoms with van der Waals surface area (Å²) in [5.74, 6) is 2.00. The van der Waals surface area contributed by atoms with Gasteiger partial charge in [-0.05, 0) is 60.0 Å². The third kappa shape index (κ3) is 4.84. The van der Waals surface area contributed by atoms with Crippen LogP contribution < -0.4 is 18.9 Å². The molecule has 1 atom stereocenters. The first kappa shape index (κ1) is 23.9. The molecule has 1 aliphatic rings. The predicted molar refractivity (Wildman–Crippen MR) is 129 cm³/mol. The number of rotatable bonds is 8. The van der Waals surface area contributed by atoms with Crippen LogP contribution in [0.15, 0.2) is 60.7 Å². The van der Waals surface area contributed by atoms with Crippen molar-refractivity contribution in [2.45, 2.75) is 12.5 Å². The van der Waals surface area contributed by atoms with Crippen molar-refractivity contribution in [1.29, 1.82) is 0 Å². The maximum atomic E-state index is 13.6. The summed E-state index contributed by atoms with van der Waals surface area (Å²) >= 11 is 0. The van der Waals surface area contributed by atoms with Crippen LogP contribution >= 0.6 is 0 Å². The molecular weight excluding hydrogens is 452 g/mol. The van der Waals surface area contributed by atoms with Crippen LogP contribution in [-0.4, -0.2) is 50.2 Å². The van der Waals surface area contributed by atoms with Crippen molar-refractivity contribution in [2.24, 2.45) is 0 Å². The number of amides is 1. The van der Waals surface area contributed by atoms with Crippen LogP contribution in [0.2, 0.25) is 0 Å². The smallest absolute Gasteiger partial charge is 0.282 e. The number of nitro benzene ring substituents is 1. The summed E-state index contributed by atoms with van der Waals surface area (Å²) in [5, 5.41) is 11.6. The highest BCUT2D eigenvalue weighted by Gasteiger charge is 2.35. The Morgan fingerprint density at radius 1 is 0.971 bits per heavy atom. The highest BCUT2D eigenvalue weighted by atomic mass is 16.6. The SMILES string of the molecule is COc1ccc(OC[C@@H]2c3cc(OC)c(OC)cc3CCN2C(=O)c2ccccc2[N+](=O)[O-])cc1. The van der Waals surface area contributed by atoms with Gasteiger partial charge in [-0.1, -0.05) is 12.1 Å². The number of nitro groups is 1. The van der Waals surface area contributed by atoms with Crippen molar-refractivity contribution >= 4 is 11.6 Å². The van der Waals surface area contributed by atoms with Gasteiger partial charge in [0.05, 0.1) is 32.3 Å². The molecule has 0 unspecified atom stereocenters. The molecule has 4 rings (SSSR count). The standard InChI is InChI=1S/C26H26N2O7/c1-32-18-8-10-19(11-9-18)35-16-23-21-15-25(34-3)24(33-2)14-17(21)12-13-27(23)26(29)20-6-4-5-7-22(20)28(30)31/h4-11,14-15,23H,12-13,16H2,1-3H3/t23-/m1/s1. The average Bonchev–Trinajstić information content (AvgIpc) is 2.90. The molecular formula is C26H26N2O7. The van der Waals surface area contributed by atoms with Crippen molar-refractivity contribution in [3.8, 4) is 23.0 Å². The molecule has 0 spiro atoms. The predicted octanol–water partition coefficient (Wildman–Crippen LogP) is 4.44. The second-order valence-corrected chi connectivity index (χ2v) is 7.93. The van der Waals surface area contributed by atoms with E-state index in [0.717, 1.165) is 11.1 Å². The van der Waals surface area contributed by atoms with Gasteiger partial charge in [0, 0.05) is 12.6 Å². The fraction of sp³-hybridized carbons (Fsp3) is 0.269. The molecule has 0 saturated carbocycles. The summed E-state index contributed by atoms with van der Waals surface area (Å²) in [6.45, 7) is 0.505. The van der Waals surface area contributed by atoms with Gasteiger partial charge < -0.3 is 23.8 Å². The van der Waals surface area contributed by atoms with E-state index in [-0.39, 0.29) is 17.9 Å². The van der Waals surface area contributed by atoms with Crippen LogP contribution in [0.1, 0.15) is 27.5 Å². The van der Waals surface area contributed by atoms with Gasteiger partial charge in [0.1, 0.15) is 23.7 Å². The summed E-state index contributed by atoms with van der Waals surface area (Å²) in [4.78, 5) is 26.3. The van der Waals surface area contributed by atoms with E-state index in [2.05, 4.69) is 0 Å². The molecule has 0 aliphatic carbocycles. The number of methoxy groups -OCH3 is 3. The van der Waals surface area contributed by atoms with Crippen LogP contribution in [0, 0.1) is 10.1 Å². The molecule has 35 heavy (non-hydrogen) atoms. The van der Waals surface area contributed by atoms with Crippen molar-refractivity contribution in [2.75, 3.05) is 34.5 Å². The zero-order valence-electron chi connectivity index (χ0n) is 19.7. The highest BCUT2D eigenvalue weighted by Crippen LogP contribution is 2.39. The van der Waals surface area contributed by atoms with Crippen molar-refractivity contribution in [3.05, 3.63) is 87.5 Å². The molecule has 0 radical (unpaired) electrons. The molecule has 1 heterocycles. The summed E-state index contributed by atoms with van der Waals surface area (Å²) in [5.41, 5.74) is 1.65. The number of hydrogen-bond donors (Lipinski definition) is 0. The van der Waals surface area contributed by atoms with E-state index in [9.17, 15) is 14.9 Å². The topological polar surface area (TPSA) is 100 Å². The van der Waals surface area contributed by atoms with Crippen molar-refractivity contribution < 1.29 is 28.7 Å². The Balaban J connectivity index is 1.72. The quantitative estimate of drug-likeness (QED) is 0.349. The number of carbonyl (C=O) groups is 1. The van der Waals surface area contributed by atoms with Gasteiger partial charge in [0.15, 0.2) is 11.5 Å². The van der Waals surface area contributed by atoms with E-state index in [0.29, 0.717) is 36.0 Å². The molecule has 9 nitrogen and oxygen atoms in total. The first-order valence-corrected chi connectivity index (χ1v) is 11.0. The largest absolute Gasteiger partial charge is 0.497 e. The Hall–Kier alpha value is -4.27. The summed E-state index contributed by atoms with van der Waals surface area (Å²) in [6.07, 6.45) is 0.557. The highest BCUT2D eigenvalue weighted by molar-refractivity contribution is 5.98. The van der Waals surface area contributed by atoms with Crippen LogP contribution in [0.5, 0.6) is 23.0 Å². The van der Waals surface area contributed by atoms with Gasteiger partial charge in [0.2, 0.25) is 0 Å². The molecule has 3 aromatic rings. The molecule has 9 heteroatoms. The van der Waals surface area contributed by atoms with Gasteiger partial charge in [-0.25, -0.2) is 0 Å². The van der Waals surface area contributed by atoms with Crippen molar-refractivity contribution in [3.63, 3.8) is 0 Å². The third-order valence-electron chi connectivity index (χ3n) is 6.06. The maximum absolute atomic E-state index is 13.6. The number of nitrogens with zero attached hydrogens (tertiary/aromatic N) is 2. The Kier molecular flexibility index (Phi) is 7.05. The zero-order valence-corrected chi connectivity index (χ0v) is 19.7. The normalized spacial score (nSPS) is 14.6. The minimum Gasteiger partial charge on any atom is -0.497 e. The molecule has 3 aromatic carbocycles. The number of carbonyl (C=O) groups excluding carboxylic acids is 1. The maximum Gasteiger partial charge on any atom is 0.282 e. The van der Waals surface area contributed by atoms with Crippen LogP contribution in [0.4, 0.5) is 5.69 Å². The van der Waals surface area contributed by atoms with Gasteiger partial charge in [0.25, 0.3) is 11.6 Å². The van der Waals surface area contributed by atoms with Crippen LogP contribution in [0.25, 0.3) is 0 Å². The molecule has 0 N–H and O–H groups in total. The number of hydrogen-bond acceptors (Lipinski definition) is 7. The number of para-hydroxylation sites is 1. The fourth-order valence-electron chi connectivity index (χ4n) is 4.27. The molecule has 0 bridgehead atoms. The lowest BCUT2D eigenvalue weighted by molar-refractivity contribution is -0.385. The Morgan fingerprint density at radius 2 is 1.63 bits per heavy atom. The first-order valence-electron chi connectivity index (χ1n) is 11.0. The summed E-state index contributed by atoms with van der Waals surface area (Å²) in [6, 6.07) is 16.4. The minimum atomic E-state index is -0.540. The number of ether oxygens (including phenoxy) is 4. The summed E-state index contributed by atoms with van der Waals surface area (Å²) in [7, 11) is 4.70. The van der Waals surface area contributed by atoms with E-state index in [1.165, 1.54) is 12.1 Å². The third-order valence-corrected chi connectivity index (χ3v) is 6.06. The average molecular weight is 479 g/mol. The Morgan fingerprint density at radius 3 is 2.29 bits per heavy atom. The van der Waals surface area contributed by atoms with Gasteiger partial charge in [-0.3, -0.25) is 14.9 Å². The molecule has 1 aliphatic heterocycles. The van der Waals surface area contributed by atoms with E-state index in [1.54, 1.807) is 62.6 Å². The van der Waals surface area contributed by atoms with Crippen molar-refractivity contribution in [1.82, 2.24) is 4.90 Å². The number of fused-ring (bicyclic) bond motifs is 1. The lowest BCUT2D eigenvalue weighted by atomic mass is 9.91. The number of benzene rings is 3. The van der Waals surface area contributed by atoms with Crippen LogP contribution in [-0.2, 0) is 6.42 Å². The first-order chi connectivity index (χ1) is 17.0. The Labute approximate surface area is 202 Å². The van der Waals surface area contributed by atoms with E-state index in [1.807, 2.05) is 12.1 Å². The zero-order chi connectivity index (χ0) is 24.9. The Bertz CT molecular complexity index is 1230. The lowest BCUT2D eigenvalue weighted by Crippen LogP contribution is -2.42. The second-order valence-electron chi connectivity index (χ2n) is 7.93. The van der Waals surface area contributed by atoms with Gasteiger partial charge in [-0.15, -0.1) is 0 Å². The molecule has 182 valence electrons. The molecule has 1 amide bonds. The van der Waals surface area contributed by atoms with E-state index in [4.69, 9.17) is 18.9 Å². The van der Waals surface area contributed by atoms with Gasteiger partial charge >= 0.3 is 0 Å². The van der Waals surface area contributed by atoms with Crippen LogP contribution in [0.3, 0.4) is 0 Å². The van der Waals surface area contributed by atoms with E-state index >= 15 is 0 Å². The van der Waals surface area contributed by atoms with Gasteiger partial charge in [-0.2, -0.15) is 0 Å². The van der Waals surface area contributed by atoms with E-state index < -0.39 is 16.9 Å². The molecule has 0 aromatic heterocycles. The molecule has 0 saturated heterocycles. The molecule has 0 fully saturated rings. The minimum absolute atomic E-state index is 0.0378. The monoisotopic (exact) mass is 478 g/mol. The fourth-order valence-corrected chi connectivity index (χ4v) is 4.27. The second kappa shape index (κ2) is 10.3. The lowest BCUT2D eigenvalue weighted by Gasteiger charge is -2.37. The summed E-state index contributed by atoms with van der Waals surface area (Å²) < 4.78 is 22.2.